The van der Waals surface area contributed by atoms with Gasteiger partial charge in [0.25, 0.3) is 0 Å². The van der Waals surface area contributed by atoms with E-state index in [-0.39, 0.29) is 6.10 Å². The summed E-state index contributed by atoms with van der Waals surface area (Å²) in [7, 11) is 0. The highest BCUT2D eigenvalue weighted by Gasteiger charge is 2.05. The Bertz CT molecular complexity index is 313. The molecule has 0 aliphatic heterocycles. The number of hydrogen-bond donors (Lipinski definition) is 1. The molecule has 0 spiro atoms. The first kappa shape index (κ1) is 11.9. The van der Waals surface area contributed by atoms with Gasteiger partial charge in [-0.1, -0.05) is 6.92 Å². The summed E-state index contributed by atoms with van der Waals surface area (Å²) in [5.41, 5.74) is 6.46. The second kappa shape index (κ2) is 5.66. The fourth-order valence-electron chi connectivity index (χ4n) is 1.26. The van der Waals surface area contributed by atoms with Crippen LogP contribution in [0.2, 0.25) is 0 Å². The smallest absolute Gasteiger partial charge is 0.217 e. The van der Waals surface area contributed by atoms with Gasteiger partial charge in [-0.2, -0.15) is 4.98 Å². The number of nitrogens with two attached hydrogens (primary N) is 1. The van der Waals surface area contributed by atoms with Gasteiger partial charge in [-0.15, -0.1) is 0 Å². The minimum atomic E-state index is 0.135. The summed E-state index contributed by atoms with van der Waals surface area (Å²) in [6.45, 7) is 6.59. The standard InChI is InChI=1S/C11H19N3O/c1-4-10-13-9(5-6-12)7-11(14-10)15-8(2)3/h7-8H,4-6,12H2,1-3H3. The maximum absolute atomic E-state index is 5.55. The number of aryl methyl sites for hydroxylation is 1. The van der Waals surface area contributed by atoms with Crippen LogP contribution in [0.5, 0.6) is 5.88 Å². The zero-order valence-electron chi connectivity index (χ0n) is 9.66. The van der Waals surface area contributed by atoms with Crippen LogP contribution in [0.1, 0.15) is 32.3 Å². The Morgan fingerprint density at radius 2 is 2.13 bits per heavy atom. The molecule has 0 saturated heterocycles. The zero-order valence-corrected chi connectivity index (χ0v) is 9.66. The Morgan fingerprint density at radius 3 is 2.67 bits per heavy atom. The molecule has 0 saturated carbocycles. The molecule has 1 rings (SSSR count). The van der Waals surface area contributed by atoms with E-state index >= 15 is 0 Å². The molecule has 0 aliphatic carbocycles. The van der Waals surface area contributed by atoms with Crippen molar-refractivity contribution in [2.24, 2.45) is 5.73 Å². The number of aromatic nitrogens is 2. The molecular formula is C11H19N3O. The Morgan fingerprint density at radius 1 is 1.40 bits per heavy atom. The van der Waals surface area contributed by atoms with Crippen molar-refractivity contribution in [3.05, 3.63) is 17.6 Å². The van der Waals surface area contributed by atoms with Crippen LogP contribution in [0.3, 0.4) is 0 Å². The maximum Gasteiger partial charge on any atom is 0.217 e. The number of hydrogen-bond acceptors (Lipinski definition) is 4. The zero-order chi connectivity index (χ0) is 11.3. The second-order valence-corrected chi connectivity index (χ2v) is 3.67. The largest absolute Gasteiger partial charge is 0.475 e. The summed E-state index contributed by atoms with van der Waals surface area (Å²) >= 11 is 0. The lowest BCUT2D eigenvalue weighted by molar-refractivity contribution is 0.231. The Labute approximate surface area is 90.9 Å². The number of rotatable bonds is 5. The van der Waals surface area contributed by atoms with Gasteiger partial charge in [0.15, 0.2) is 0 Å². The monoisotopic (exact) mass is 209 g/mol. The van der Waals surface area contributed by atoms with E-state index in [9.17, 15) is 0 Å². The van der Waals surface area contributed by atoms with Gasteiger partial charge >= 0.3 is 0 Å². The van der Waals surface area contributed by atoms with E-state index in [2.05, 4.69) is 9.97 Å². The van der Waals surface area contributed by atoms with Crippen molar-refractivity contribution in [3.63, 3.8) is 0 Å². The minimum Gasteiger partial charge on any atom is -0.475 e. The van der Waals surface area contributed by atoms with Crippen molar-refractivity contribution < 1.29 is 4.74 Å². The average molecular weight is 209 g/mol. The predicted octanol–water partition coefficient (Wildman–Crippen LogP) is 1.33. The van der Waals surface area contributed by atoms with Gasteiger partial charge < -0.3 is 10.5 Å². The van der Waals surface area contributed by atoms with Crippen LogP contribution in [0.25, 0.3) is 0 Å². The fraction of sp³-hybridized carbons (Fsp3) is 0.636. The van der Waals surface area contributed by atoms with Gasteiger partial charge in [0.1, 0.15) is 5.82 Å². The normalized spacial score (nSPS) is 10.7. The van der Waals surface area contributed by atoms with E-state index in [0.717, 1.165) is 24.4 Å². The fourth-order valence-corrected chi connectivity index (χ4v) is 1.26. The van der Waals surface area contributed by atoms with Crippen molar-refractivity contribution in [2.75, 3.05) is 6.54 Å². The molecule has 0 radical (unpaired) electrons. The van der Waals surface area contributed by atoms with E-state index in [1.807, 2.05) is 26.8 Å². The van der Waals surface area contributed by atoms with Crippen LogP contribution in [0, 0.1) is 0 Å². The van der Waals surface area contributed by atoms with E-state index in [1.165, 1.54) is 0 Å². The molecule has 0 atom stereocenters. The molecule has 0 bridgehead atoms. The summed E-state index contributed by atoms with van der Waals surface area (Å²) in [5, 5.41) is 0. The maximum atomic E-state index is 5.55. The van der Waals surface area contributed by atoms with E-state index in [1.54, 1.807) is 0 Å². The van der Waals surface area contributed by atoms with Crippen LogP contribution >= 0.6 is 0 Å². The Balaban J connectivity index is 2.89. The molecule has 0 fully saturated rings. The van der Waals surface area contributed by atoms with Gasteiger partial charge in [-0.3, -0.25) is 0 Å². The second-order valence-electron chi connectivity index (χ2n) is 3.67. The summed E-state index contributed by atoms with van der Waals surface area (Å²) < 4.78 is 5.55. The van der Waals surface area contributed by atoms with Crippen molar-refractivity contribution in [1.29, 1.82) is 0 Å². The third-order valence-electron chi connectivity index (χ3n) is 1.88. The first-order chi connectivity index (χ1) is 7.15. The molecule has 0 aliphatic rings. The third kappa shape index (κ3) is 3.83. The highest BCUT2D eigenvalue weighted by Crippen LogP contribution is 2.12. The third-order valence-corrected chi connectivity index (χ3v) is 1.88. The van der Waals surface area contributed by atoms with Gasteiger partial charge in [0, 0.05) is 24.6 Å². The van der Waals surface area contributed by atoms with Crippen molar-refractivity contribution >= 4 is 0 Å². The first-order valence-corrected chi connectivity index (χ1v) is 5.39. The van der Waals surface area contributed by atoms with E-state index < -0.39 is 0 Å². The molecule has 0 aromatic carbocycles. The Hall–Kier alpha value is -1.16. The highest BCUT2D eigenvalue weighted by molar-refractivity contribution is 5.17. The molecule has 1 heterocycles. The summed E-state index contributed by atoms with van der Waals surface area (Å²) in [5.74, 6) is 1.47. The summed E-state index contributed by atoms with van der Waals surface area (Å²) in [6.07, 6.45) is 1.71. The number of ether oxygens (including phenoxy) is 1. The SMILES string of the molecule is CCc1nc(CCN)cc(OC(C)C)n1. The highest BCUT2D eigenvalue weighted by atomic mass is 16.5. The van der Waals surface area contributed by atoms with Crippen LogP contribution in [-0.4, -0.2) is 22.6 Å². The molecule has 1 aromatic rings. The van der Waals surface area contributed by atoms with Crippen LogP contribution in [0.4, 0.5) is 0 Å². The molecule has 4 nitrogen and oxygen atoms in total. The van der Waals surface area contributed by atoms with E-state index in [4.69, 9.17) is 10.5 Å². The molecule has 0 unspecified atom stereocenters. The van der Waals surface area contributed by atoms with Crippen molar-refractivity contribution in [3.8, 4) is 5.88 Å². The molecule has 2 N–H and O–H groups in total. The van der Waals surface area contributed by atoms with Crippen molar-refractivity contribution in [1.82, 2.24) is 9.97 Å². The molecule has 84 valence electrons. The van der Waals surface area contributed by atoms with Gasteiger partial charge in [0.05, 0.1) is 6.10 Å². The summed E-state index contributed by atoms with van der Waals surface area (Å²) in [6, 6.07) is 1.87. The average Bonchev–Trinajstić information content (AvgIpc) is 2.16. The lowest BCUT2D eigenvalue weighted by Crippen LogP contribution is -2.11. The molecular weight excluding hydrogens is 190 g/mol. The van der Waals surface area contributed by atoms with Gasteiger partial charge in [-0.25, -0.2) is 4.98 Å². The molecule has 4 heteroatoms. The van der Waals surface area contributed by atoms with Gasteiger partial charge in [0.2, 0.25) is 5.88 Å². The number of nitrogens with zero attached hydrogens (tertiary/aromatic N) is 2. The van der Waals surface area contributed by atoms with E-state index in [0.29, 0.717) is 12.4 Å². The van der Waals surface area contributed by atoms with Crippen LogP contribution in [-0.2, 0) is 12.8 Å². The molecule has 1 aromatic heterocycles. The quantitative estimate of drug-likeness (QED) is 0.794. The van der Waals surface area contributed by atoms with Gasteiger partial charge in [-0.05, 0) is 20.4 Å². The molecule has 0 amide bonds. The Kier molecular flexibility index (Phi) is 4.49. The lowest BCUT2D eigenvalue weighted by atomic mass is 10.3. The van der Waals surface area contributed by atoms with Crippen molar-refractivity contribution in [2.45, 2.75) is 39.7 Å². The predicted molar refractivity (Wildman–Crippen MR) is 59.9 cm³/mol. The minimum absolute atomic E-state index is 0.135. The van der Waals surface area contributed by atoms with Crippen LogP contribution in [0.15, 0.2) is 6.07 Å². The van der Waals surface area contributed by atoms with Crippen LogP contribution < -0.4 is 10.5 Å². The first-order valence-electron chi connectivity index (χ1n) is 5.39. The summed E-state index contributed by atoms with van der Waals surface area (Å²) in [4.78, 5) is 8.68. The topological polar surface area (TPSA) is 61.0 Å². The lowest BCUT2D eigenvalue weighted by Gasteiger charge is -2.10. The molecule has 15 heavy (non-hydrogen) atoms.